The molecule has 0 saturated carbocycles. The molecule has 1 aromatic rings. The van der Waals surface area contributed by atoms with Crippen LogP contribution in [0.1, 0.15) is 45.3 Å². The molecular formula is C17H27O6P. The van der Waals surface area contributed by atoms with Gasteiger partial charge in [-0.05, 0) is 38.0 Å². The van der Waals surface area contributed by atoms with Gasteiger partial charge in [0.1, 0.15) is 11.9 Å². The molecule has 24 heavy (non-hydrogen) atoms. The maximum Gasteiger partial charge on any atom is 0.334 e. The zero-order valence-electron chi connectivity index (χ0n) is 14.8. The largest absolute Gasteiger partial charge is 0.497 e. The molecule has 0 N–H and O–H groups in total. The maximum atomic E-state index is 12.8. The molecule has 6 nitrogen and oxygen atoms in total. The van der Waals surface area contributed by atoms with Crippen molar-refractivity contribution in [2.75, 3.05) is 26.5 Å². The van der Waals surface area contributed by atoms with E-state index in [4.69, 9.17) is 18.5 Å². The van der Waals surface area contributed by atoms with Crippen molar-refractivity contribution in [1.82, 2.24) is 0 Å². The van der Waals surface area contributed by atoms with Gasteiger partial charge in [-0.3, -0.25) is 9.36 Å². The summed E-state index contributed by atoms with van der Waals surface area (Å²) in [7, 11) is -1.77. The fourth-order valence-corrected chi connectivity index (χ4v) is 3.95. The van der Waals surface area contributed by atoms with Gasteiger partial charge in [0.15, 0.2) is 0 Å². The number of ether oxygens (including phenoxy) is 2. The number of benzene rings is 1. The summed E-state index contributed by atoms with van der Waals surface area (Å²) in [6.45, 7) is 5.91. The molecule has 0 heterocycles. The van der Waals surface area contributed by atoms with E-state index in [0.717, 1.165) is 5.56 Å². The van der Waals surface area contributed by atoms with E-state index in [9.17, 15) is 9.36 Å². The Morgan fingerprint density at radius 3 is 2.12 bits per heavy atom. The Morgan fingerprint density at radius 1 is 1.08 bits per heavy atom. The van der Waals surface area contributed by atoms with E-state index in [1.165, 1.54) is 0 Å². The second-order valence-electron chi connectivity index (χ2n) is 5.13. The van der Waals surface area contributed by atoms with E-state index in [0.29, 0.717) is 18.6 Å². The van der Waals surface area contributed by atoms with Crippen LogP contribution in [0.25, 0.3) is 0 Å². The summed E-state index contributed by atoms with van der Waals surface area (Å²) in [5.74, 6) is 0.355. The second-order valence-corrected chi connectivity index (χ2v) is 7.23. The van der Waals surface area contributed by atoms with Gasteiger partial charge >= 0.3 is 13.6 Å². The number of carbonyl (C=O) groups is 1. The van der Waals surface area contributed by atoms with Gasteiger partial charge in [-0.1, -0.05) is 19.1 Å². The van der Waals surface area contributed by atoms with Crippen molar-refractivity contribution >= 4 is 13.6 Å². The lowest BCUT2D eigenvalue weighted by Gasteiger charge is -2.24. The summed E-state index contributed by atoms with van der Waals surface area (Å²) in [5, 5.41) is 0. The standard InChI is InChI=1S/C17H27O6P/c1-5-8-17(18)23-16(13-24(19,21-6-2)22-7-3)14-9-11-15(20-4)12-10-14/h9-12,16H,5-8,13H2,1-4H3. The van der Waals surface area contributed by atoms with Crippen molar-refractivity contribution in [2.24, 2.45) is 0 Å². The smallest absolute Gasteiger partial charge is 0.334 e. The lowest BCUT2D eigenvalue weighted by Crippen LogP contribution is -2.16. The average Bonchev–Trinajstić information content (AvgIpc) is 2.55. The molecule has 0 aliphatic heterocycles. The third-order valence-corrected chi connectivity index (χ3v) is 5.34. The van der Waals surface area contributed by atoms with E-state index >= 15 is 0 Å². The SMILES string of the molecule is CCCC(=O)OC(CP(=O)(OCC)OCC)c1ccc(OC)cc1. The third kappa shape index (κ3) is 6.63. The van der Waals surface area contributed by atoms with Crippen LogP contribution >= 0.6 is 7.60 Å². The van der Waals surface area contributed by atoms with Gasteiger partial charge in [0, 0.05) is 6.42 Å². The zero-order valence-corrected chi connectivity index (χ0v) is 15.7. The Hall–Kier alpha value is -1.36. The molecule has 7 heteroatoms. The Labute approximate surface area is 144 Å². The number of methoxy groups -OCH3 is 1. The van der Waals surface area contributed by atoms with Crippen LogP contribution in [-0.2, 0) is 23.1 Å². The summed E-state index contributed by atoms with van der Waals surface area (Å²) in [5.41, 5.74) is 0.722. The van der Waals surface area contributed by atoms with Crippen LogP contribution in [0.15, 0.2) is 24.3 Å². The number of rotatable bonds is 11. The molecule has 1 aromatic carbocycles. The Kier molecular flexibility index (Phi) is 9.04. The van der Waals surface area contributed by atoms with Crippen molar-refractivity contribution in [2.45, 2.75) is 39.7 Å². The summed E-state index contributed by atoms with van der Waals surface area (Å²) in [4.78, 5) is 11.9. The highest BCUT2D eigenvalue weighted by atomic mass is 31.2. The van der Waals surface area contributed by atoms with E-state index in [-0.39, 0.29) is 25.3 Å². The molecule has 0 radical (unpaired) electrons. The number of hydrogen-bond acceptors (Lipinski definition) is 6. The first kappa shape index (κ1) is 20.7. The van der Waals surface area contributed by atoms with E-state index in [2.05, 4.69) is 0 Å². The predicted octanol–water partition coefficient (Wildman–Crippen LogP) is 4.35. The van der Waals surface area contributed by atoms with Gasteiger partial charge in [-0.15, -0.1) is 0 Å². The van der Waals surface area contributed by atoms with Gasteiger partial charge in [0.25, 0.3) is 0 Å². The third-order valence-electron chi connectivity index (χ3n) is 3.26. The molecule has 0 saturated heterocycles. The predicted molar refractivity (Wildman–Crippen MR) is 92.5 cm³/mol. The van der Waals surface area contributed by atoms with Gasteiger partial charge in [0.05, 0.1) is 26.5 Å². The second kappa shape index (κ2) is 10.5. The Bertz CT molecular complexity index is 533. The molecular weight excluding hydrogens is 331 g/mol. The highest BCUT2D eigenvalue weighted by Crippen LogP contribution is 2.51. The average molecular weight is 358 g/mol. The lowest BCUT2D eigenvalue weighted by atomic mass is 10.1. The first-order chi connectivity index (χ1) is 11.5. The van der Waals surface area contributed by atoms with Gasteiger partial charge < -0.3 is 18.5 Å². The van der Waals surface area contributed by atoms with Crippen LogP contribution in [0.2, 0.25) is 0 Å². The summed E-state index contributed by atoms with van der Waals surface area (Å²) < 4.78 is 34.1. The zero-order chi connectivity index (χ0) is 18.0. The molecule has 0 fully saturated rings. The monoisotopic (exact) mass is 358 g/mol. The Morgan fingerprint density at radius 2 is 1.67 bits per heavy atom. The van der Waals surface area contributed by atoms with Crippen LogP contribution in [0.3, 0.4) is 0 Å². The minimum absolute atomic E-state index is 0.0174. The molecule has 0 spiro atoms. The molecule has 1 atom stereocenters. The molecule has 0 aliphatic rings. The van der Waals surface area contributed by atoms with Crippen LogP contribution in [-0.4, -0.2) is 32.5 Å². The highest BCUT2D eigenvalue weighted by Gasteiger charge is 2.31. The highest BCUT2D eigenvalue weighted by molar-refractivity contribution is 7.53. The van der Waals surface area contributed by atoms with Crippen LogP contribution in [0.4, 0.5) is 0 Å². The van der Waals surface area contributed by atoms with Crippen LogP contribution in [0.5, 0.6) is 5.75 Å². The molecule has 0 bridgehead atoms. The fraction of sp³-hybridized carbons (Fsp3) is 0.588. The van der Waals surface area contributed by atoms with E-state index in [1.54, 1.807) is 45.2 Å². The van der Waals surface area contributed by atoms with Crippen molar-refractivity contribution in [3.8, 4) is 5.75 Å². The topological polar surface area (TPSA) is 71.1 Å². The minimum Gasteiger partial charge on any atom is -0.497 e. The van der Waals surface area contributed by atoms with Gasteiger partial charge in [-0.25, -0.2) is 0 Å². The molecule has 0 amide bonds. The summed E-state index contributed by atoms with van der Waals surface area (Å²) >= 11 is 0. The van der Waals surface area contributed by atoms with E-state index < -0.39 is 13.7 Å². The molecule has 136 valence electrons. The molecule has 1 rings (SSSR count). The van der Waals surface area contributed by atoms with Gasteiger partial charge in [0.2, 0.25) is 0 Å². The molecule has 1 unspecified atom stereocenters. The summed E-state index contributed by atoms with van der Waals surface area (Å²) in [6, 6.07) is 7.10. The molecule has 0 aromatic heterocycles. The number of esters is 1. The first-order valence-electron chi connectivity index (χ1n) is 8.19. The summed E-state index contributed by atoms with van der Waals surface area (Å²) in [6.07, 6.45) is 0.276. The molecule has 0 aliphatic carbocycles. The van der Waals surface area contributed by atoms with Crippen LogP contribution in [0, 0.1) is 0 Å². The van der Waals surface area contributed by atoms with Crippen molar-refractivity contribution in [3.05, 3.63) is 29.8 Å². The number of carbonyl (C=O) groups excluding carboxylic acids is 1. The first-order valence-corrected chi connectivity index (χ1v) is 9.92. The van der Waals surface area contributed by atoms with Gasteiger partial charge in [-0.2, -0.15) is 0 Å². The quantitative estimate of drug-likeness (QED) is 0.433. The number of hydrogen-bond donors (Lipinski definition) is 0. The fourth-order valence-electron chi connectivity index (χ4n) is 2.19. The van der Waals surface area contributed by atoms with E-state index in [1.807, 2.05) is 6.92 Å². The lowest BCUT2D eigenvalue weighted by molar-refractivity contribution is -0.148. The minimum atomic E-state index is -3.34. The van der Waals surface area contributed by atoms with Crippen LogP contribution < -0.4 is 4.74 Å². The van der Waals surface area contributed by atoms with Crippen molar-refractivity contribution in [1.29, 1.82) is 0 Å². The van der Waals surface area contributed by atoms with Crippen molar-refractivity contribution < 1.29 is 27.9 Å². The Balaban J connectivity index is 3.02. The normalized spacial score (nSPS) is 12.7. The maximum absolute atomic E-state index is 12.8. The van der Waals surface area contributed by atoms with Crippen molar-refractivity contribution in [3.63, 3.8) is 0 Å².